The van der Waals surface area contributed by atoms with Crippen molar-refractivity contribution in [1.82, 2.24) is 30.3 Å². The van der Waals surface area contributed by atoms with Crippen molar-refractivity contribution in [3.63, 3.8) is 0 Å². The maximum Gasteiger partial charge on any atom is 0.407 e. The Kier molecular flexibility index (Phi) is 14.6. The van der Waals surface area contributed by atoms with Crippen molar-refractivity contribution in [1.29, 1.82) is 0 Å². The molecule has 0 bridgehead atoms. The maximum absolute atomic E-state index is 14.6. The molecule has 13 heteroatoms. The molecule has 0 radical (unpaired) electrons. The molecule has 5 N–H and O–H groups in total. The highest BCUT2D eigenvalue weighted by Crippen LogP contribution is 2.30. The number of hydrogen-bond donors (Lipinski definition) is 5. The number of para-hydroxylation sites is 1. The van der Waals surface area contributed by atoms with E-state index in [1.807, 2.05) is 93.6 Å². The fourth-order valence-electron chi connectivity index (χ4n) is 8.07. The van der Waals surface area contributed by atoms with Crippen LogP contribution in [-0.2, 0) is 29.0 Å². The predicted octanol–water partition coefficient (Wildman–Crippen LogP) is 6.34. The van der Waals surface area contributed by atoms with Crippen molar-refractivity contribution in [3.8, 4) is 17.0 Å². The number of rotatable bonds is 16. The van der Waals surface area contributed by atoms with E-state index in [4.69, 9.17) is 0 Å². The first-order valence-electron chi connectivity index (χ1n) is 20.4. The van der Waals surface area contributed by atoms with Crippen molar-refractivity contribution in [2.75, 3.05) is 20.1 Å². The second-order valence-electron chi connectivity index (χ2n) is 17.9. The number of hydrogen-bond acceptors (Lipinski definition) is 7. The number of amides is 5. The van der Waals surface area contributed by atoms with E-state index in [2.05, 4.69) is 15.6 Å². The van der Waals surface area contributed by atoms with Gasteiger partial charge in [-0.05, 0) is 59.4 Å². The summed E-state index contributed by atoms with van der Waals surface area (Å²) < 4.78 is 0. The fraction of sp³-hybridized carbons (Fsp3) is 0.426. The fourth-order valence-corrected chi connectivity index (χ4v) is 8.07. The number of nitrogens with zero attached hydrogens (tertiary/aromatic N) is 4. The Labute approximate surface area is 353 Å². The minimum Gasteiger partial charge on any atom is -0.508 e. The molecule has 0 spiro atoms. The lowest BCUT2D eigenvalue weighted by Gasteiger charge is -2.38. The van der Waals surface area contributed by atoms with Gasteiger partial charge >= 0.3 is 12.1 Å². The summed E-state index contributed by atoms with van der Waals surface area (Å²) in [6.07, 6.45) is -0.154. The molecule has 1 fully saturated rings. The minimum atomic E-state index is -1.25. The lowest BCUT2D eigenvalue weighted by atomic mass is 9.84. The number of nitrogens with one attached hydrogen (secondary N) is 2. The molecule has 320 valence electrons. The summed E-state index contributed by atoms with van der Waals surface area (Å²) in [5.74, 6) is -0.848. The monoisotopic (exact) mass is 820 g/mol. The SMILES string of the molecule is CN(C(=O)O)[C@H](C(=O)N[C@@H](Cc1ccc(-c2ccccn2)cc1)C[C@H](O)[C@H](Cc1ccccc1)NC(=O)[C@@H](N1CCN(Cc2ccccc2O)C1=O)C(C)(C)C)C(C)(C)C. The van der Waals surface area contributed by atoms with Gasteiger partial charge in [0, 0.05) is 43.5 Å². The summed E-state index contributed by atoms with van der Waals surface area (Å²) in [5, 5.41) is 38.7. The Balaban J connectivity index is 1.43. The molecule has 60 heavy (non-hydrogen) atoms. The third-order valence-corrected chi connectivity index (χ3v) is 11.0. The Bertz CT molecular complexity index is 2070. The number of urea groups is 1. The largest absolute Gasteiger partial charge is 0.508 e. The third kappa shape index (κ3) is 11.6. The van der Waals surface area contributed by atoms with Gasteiger partial charge in [0.05, 0.1) is 24.4 Å². The first-order valence-corrected chi connectivity index (χ1v) is 20.4. The summed E-state index contributed by atoms with van der Waals surface area (Å²) >= 11 is 0. The minimum absolute atomic E-state index is 0.0103. The molecule has 13 nitrogen and oxygen atoms in total. The number of aromatic nitrogens is 1. The summed E-state index contributed by atoms with van der Waals surface area (Å²) in [6, 6.07) is 25.9. The number of aliphatic hydroxyl groups is 1. The number of likely N-dealkylation sites (N-methyl/N-ethyl adjacent to an activating group) is 1. The molecule has 1 aliphatic heterocycles. The number of carboxylic acid groups (broad SMARTS) is 1. The molecule has 2 heterocycles. The summed E-state index contributed by atoms with van der Waals surface area (Å²) in [6.45, 7) is 11.9. The van der Waals surface area contributed by atoms with Crippen molar-refractivity contribution in [2.24, 2.45) is 10.8 Å². The molecule has 5 amide bonds. The molecular weight excluding hydrogens is 761 g/mol. The highest BCUT2D eigenvalue weighted by Gasteiger charge is 2.45. The zero-order chi connectivity index (χ0) is 43.8. The van der Waals surface area contributed by atoms with E-state index in [9.17, 15) is 34.5 Å². The topological polar surface area (TPSA) is 176 Å². The number of carbonyl (C=O) groups excluding carboxylic acids is 3. The standard InChI is InChI=1S/C47H60N6O7/c1-46(2,3)40(51(7)45(59)60)42(56)49-35(27-32-20-22-33(23-21-32)36-18-13-14-24-48-36)29-39(55)37(28-31-15-9-8-10-16-31)50-43(57)41(47(4,5)6)53-26-25-52(44(53)58)30-34-17-11-12-19-38(34)54/h8-24,35,37,39-41,54-55H,25-30H2,1-7H3,(H,49,56)(H,50,57)(H,59,60)/t35-,37-,39-,40+,41+/m0/s1. The molecule has 1 aromatic heterocycles. The van der Waals surface area contributed by atoms with Crippen LogP contribution in [0.3, 0.4) is 0 Å². The van der Waals surface area contributed by atoms with Crippen LogP contribution in [0.5, 0.6) is 5.75 Å². The van der Waals surface area contributed by atoms with Crippen molar-refractivity contribution >= 4 is 23.9 Å². The number of pyridine rings is 1. The molecule has 0 aliphatic carbocycles. The van der Waals surface area contributed by atoms with Gasteiger partial charge in [0.1, 0.15) is 17.8 Å². The summed E-state index contributed by atoms with van der Waals surface area (Å²) in [7, 11) is 1.37. The van der Waals surface area contributed by atoms with Crippen LogP contribution in [0.1, 0.15) is 64.7 Å². The number of phenolic OH excluding ortho intramolecular Hbond substituents is 1. The number of phenols is 1. The Morgan fingerprint density at radius 2 is 1.42 bits per heavy atom. The number of aromatic hydroxyl groups is 1. The van der Waals surface area contributed by atoms with Gasteiger partial charge in [0.15, 0.2) is 0 Å². The lowest BCUT2D eigenvalue weighted by Crippen LogP contribution is -2.59. The molecule has 5 atom stereocenters. The highest BCUT2D eigenvalue weighted by molar-refractivity contribution is 5.89. The second kappa shape index (κ2) is 19.4. The molecular formula is C47H60N6O7. The van der Waals surface area contributed by atoms with Crippen LogP contribution in [0.2, 0.25) is 0 Å². The van der Waals surface area contributed by atoms with Gasteiger partial charge in [-0.2, -0.15) is 0 Å². The van der Waals surface area contributed by atoms with E-state index in [1.165, 1.54) is 7.05 Å². The van der Waals surface area contributed by atoms with Crippen LogP contribution < -0.4 is 10.6 Å². The van der Waals surface area contributed by atoms with Crippen LogP contribution in [0, 0.1) is 10.8 Å². The molecule has 1 aliphatic rings. The number of benzene rings is 3. The van der Waals surface area contributed by atoms with Crippen molar-refractivity contribution < 1.29 is 34.5 Å². The molecule has 1 saturated heterocycles. The van der Waals surface area contributed by atoms with Gasteiger partial charge in [0.25, 0.3) is 0 Å². The van der Waals surface area contributed by atoms with E-state index < -0.39 is 59.0 Å². The van der Waals surface area contributed by atoms with E-state index in [-0.39, 0.29) is 31.2 Å². The van der Waals surface area contributed by atoms with Crippen LogP contribution in [0.15, 0.2) is 103 Å². The van der Waals surface area contributed by atoms with Gasteiger partial charge in [0.2, 0.25) is 11.8 Å². The Morgan fingerprint density at radius 1 is 0.783 bits per heavy atom. The molecule has 0 unspecified atom stereocenters. The average molecular weight is 821 g/mol. The van der Waals surface area contributed by atoms with Gasteiger partial charge in [-0.1, -0.05) is 120 Å². The van der Waals surface area contributed by atoms with Crippen LogP contribution >= 0.6 is 0 Å². The van der Waals surface area contributed by atoms with Gasteiger partial charge < -0.3 is 35.8 Å². The third-order valence-electron chi connectivity index (χ3n) is 11.0. The average Bonchev–Trinajstić information content (AvgIpc) is 3.53. The normalized spacial score (nSPS) is 15.8. The maximum atomic E-state index is 14.6. The summed E-state index contributed by atoms with van der Waals surface area (Å²) in [5.41, 5.74) is 2.58. The van der Waals surface area contributed by atoms with Crippen molar-refractivity contribution in [2.45, 2.75) is 97.6 Å². The molecule has 0 saturated carbocycles. The number of aliphatic hydroxyl groups excluding tert-OH is 1. The lowest BCUT2D eigenvalue weighted by molar-refractivity contribution is -0.131. The van der Waals surface area contributed by atoms with Gasteiger partial charge in [-0.25, -0.2) is 9.59 Å². The van der Waals surface area contributed by atoms with Crippen LogP contribution in [0.25, 0.3) is 11.3 Å². The zero-order valence-electron chi connectivity index (χ0n) is 35.7. The molecule has 4 aromatic rings. The van der Waals surface area contributed by atoms with E-state index in [0.29, 0.717) is 25.1 Å². The highest BCUT2D eigenvalue weighted by atomic mass is 16.4. The van der Waals surface area contributed by atoms with Crippen molar-refractivity contribution in [3.05, 3.63) is 120 Å². The Morgan fingerprint density at radius 3 is 2.02 bits per heavy atom. The second-order valence-corrected chi connectivity index (χ2v) is 17.9. The first kappa shape index (κ1) is 45.1. The quantitative estimate of drug-likeness (QED) is 0.0871. The molecule has 5 rings (SSSR count). The smallest absolute Gasteiger partial charge is 0.407 e. The Hall–Kier alpha value is -5.95. The van der Waals surface area contributed by atoms with Gasteiger partial charge in [-0.15, -0.1) is 0 Å². The predicted molar refractivity (Wildman–Crippen MR) is 231 cm³/mol. The first-order chi connectivity index (χ1) is 28.3. The van der Waals surface area contributed by atoms with Gasteiger partial charge in [-0.3, -0.25) is 19.5 Å². The van der Waals surface area contributed by atoms with Crippen LogP contribution in [-0.4, -0.2) is 109 Å². The molecule has 3 aromatic carbocycles. The number of carbonyl (C=O) groups is 4. The zero-order valence-corrected chi connectivity index (χ0v) is 35.7. The van der Waals surface area contributed by atoms with Crippen LogP contribution in [0.4, 0.5) is 9.59 Å². The van der Waals surface area contributed by atoms with E-state index in [0.717, 1.165) is 27.3 Å². The van der Waals surface area contributed by atoms with E-state index >= 15 is 0 Å². The van der Waals surface area contributed by atoms with E-state index in [1.54, 1.807) is 61.0 Å². The summed E-state index contributed by atoms with van der Waals surface area (Å²) in [4.78, 5) is 63.3.